The second-order valence-electron chi connectivity index (χ2n) is 7.62. The predicted octanol–water partition coefficient (Wildman–Crippen LogP) is 2.31. The van der Waals surface area contributed by atoms with Gasteiger partial charge in [-0.15, -0.1) is 0 Å². The zero-order valence-electron chi connectivity index (χ0n) is 14.6. The third-order valence-corrected chi connectivity index (χ3v) is 6.99. The average Bonchev–Trinajstić information content (AvgIpc) is 3.10. The van der Waals surface area contributed by atoms with Crippen LogP contribution in [0.2, 0.25) is 0 Å². The van der Waals surface area contributed by atoms with Gasteiger partial charge in [-0.2, -0.15) is 0 Å². The minimum Gasteiger partial charge on any atom is -0.352 e. The van der Waals surface area contributed by atoms with Crippen LogP contribution in [0, 0.1) is 11.3 Å². The quantitative estimate of drug-likeness (QED) is 0.889. The summed E-state index contributed by atoms with van der Waals surface area (Å²) in [5, 5.41) is 2.93. The molecule has 1 aliphatic heterocycles. The maximum atomic E-state index is 12.4. The van der Waals surface area contributed by atoms with Crippen LogP contribution in [0.15, 0.2) is 24.3 Å². The summed E-state index contributed by atoms with van der Waals surface area (Å²) in [6.07, 6.45) is 4.77. The molecule has 1 saturated carbocycles. The number of benzene rings is 1. The maximum absolute atomic E-state index is 12.4. The summed E-state index contributed by atoms with van der Waals surface area (Å²) in [5.41, 5.74) is -0.191. The molecule has 2 fully saturated rings. The lowest BCUT2D eigenvalue weighted by molar-refractivity contribution is -0.123. The van der Waals surface area contributed by atoms with Gasteiger partial charge < -0.3 is 5.32 Å². The van der Waals surface area contributed by atoms with Crippen molar-refractivity contribution in [3.63, 3.8) is 0 Å². The first-order valence-corrected chi connectivity index (χ1v) is 10.3. The molecule has 3 rings (SSSR count). The highest BCUT2D eigenvalue weighted by molar-refractivity contribution is 7.94. The Morgan fingerprint density at radius 2 is 1.80 bits per heavy atom. The van der Waals surface area contributed by atoms with Crippen LogP contribution in [0.1, 0.15) is 49.9 Å². The molecule has 0 aromatic heterocycles. The zero-order valence-corrected chi connectivity index (χ0v) is 15.4. The van der Waals surface area contributed by atoms with Crippen molar-refractivity contribution in [1.82, 2.24) is 5.32 Å². The fourth-order valence-corrected chi connectivity index (χ4v) is 5.67. The van der Waals surface area contributed by atoms with Crippen molar-refractivity contribution < 1.29 is 18.0 Å². The second-order valence-corrected chi connectivity index (χ2v) is 9.43. The number of carbonyl (C=O) groups is 2. The van der Waals surface area contributed by atoms with Crippen LogP contribution >= 0.6 is 0 Å². The summed E-state index contributed by atoms with van der Waals surface area (Å²) in [6, 6.07) is 6.16. The van der Waals surface area contributed by atoms with Gasteiger partial charge in [0.25, 0.3) is 5.91 Å². The smallest absolute Gasteiger partial charge is 0.251 e. The third-order valence-electron chi connectivity index (χ3n) is 4.97. The van der Waals surface area contributed by atoms with E-state index in [4.69, 9.17) is 0 Å². The first-order valence-electron chi connectivity index (χ1n) is 8.66. The normalized spacial score (nSPS) is 22.3. The third kappa shape index (κ3) is 3.56. The van der Waals surface area contributed by atoms with E-state index in [0.717, 1.165) is 17.1 Å². The molecule has 0 unspecified atom stereocenters. The Morgan fingerprint density at radius 3 is 2.32 bits per heavy atom. The topological polar surface area (TPSA) is 83.6 Å². The molecule has 6 nitrogen and oxygen atoms in total. The van der Waals surface area contributed by atoms with Crippen LogP contribution in [0.4, 0.5) is 5.69 Å². The minimum atomic E-state index is -3.67. The van der Waals surface area contributed by atoms with E-state index < -0.39 is 21.3 Å². The summed E-state index contributed by atoms with van der Waals surface area (Å²) >= 11 is 0. The van der Waals surface area contributed by atoms with Gasteiger partial charge >= 0.3 is 0 Å². The van der Waals surface area contributed by atoms with Crippen molar-refractivity contribution in [3.8, 4) is 0 Å². The molecule has 0 bridgehead atoms. The number of nitrogens with one attached hydrogen (secondary N) is 1. The summed E-state index contributed by atoms with van der Waals surface area (Å²) < 4.78 is 25.4. The molecule has 1 aliphatic carbocycles. The molecule has 0 spiro atoms. The summed E-state index contributed by atoms with van der Waals surface area (Å²) in [6.45, 7) is 3.92. The summed E-state index contributed by atoms with van der Waals surface area (Å²) in [5.74, 6) is -0.263. The Bertz CT molecular complexity index is 778. The standard InChI is InChI=1S/C18H24N2O4S/c1-18(2)12-25(23,24)20(17(18)22)15-9-7-14(8-10-15)16(21)19-11-13-5-3-4-6-13/h7-10,13H,3-6,11-12H2,1-2H3,(H,19,21). The number of rotatable bonds is 4. The van der Waals surface area contributed by atoms with Gasteiger partial charge in [0.05, 0.1) is 16.9 Å². The number of nitrogens with zero attached hydrogens (tertiary/aromatic N) is 1. The van der Waals surface area contributed by atoms with Crippen molar-refractivity contribution in [2.75, 3.05) is 16.6 Å². The number of amides is 2. The van der Waals surface area contributed by atoms with E-state index in [1.54, 1.807) is 26.0 Å². The van der Waals surface area contributed by atoms with E-state index in [9.17, 15) is 18.0 Å². The lowest BCUT2D eigenvalue weighted by atomic mass is 9.95. The molecule has 0 radical (unpaired) electrons. The number of hydrogen-bond donors (Lipinski definition) is 1. The lowest BCUT2D eigenvalue weighted by Crippen LogP contribution is -2.33. The monoisotopic (exact) mass is 364 g/mol. The Balaban J connectivity index is 1.71. The van der Waals surface area contributed by atoms with Gasteiger partial charge in [-0.1, -0.05) is 12.8 Å². The summed E-state index contributed by atoms with van der Waals surface area (Å²) in [4.78, 5) is 24.6. The SMILES string of the molecule is CC1(C)CS(=O)(=O)N(c2ccc(C(=O)NCC3CCCC3)cc2)C1=O. The van der Waals surface area contributed by atoms with Gasteiger partial charge in [-0.3, -0.25) is 9.59 Å². The van der Waals surface area contributed by atoms with Crippen LogP contribution in [0.5, 0.6) is 0 Å². The van der Waals surface area contributed by atoms with Crippen LogP contribution in [-0.4, -0.2) is 32.5 Å². The van der Waals surface area contributed by atoms with Crippen LogP contribution in [-0.2, 0) is 14.8 Å². The van der Waals surface area contributed by atoms with Crippen molar-refractivity contribution in [2.24, 2.45) is 11.3 Å². The van der Waals surface area contributed by atoms with Crippen molar-refractivity contribution in [3.05, 3.63) is 29.8 Å². The molecular formula is C18H24N2O4S. The first-order chi connectivity index (χ1) is 11.7. The predicted molar refractivity (Wildman–Crippen MR) is 95.8 cm³/mol. The lowest BCUT2D eigenvalue weighted by Gasteiger charge is -2.17. The molecule has 1 N–H and O–H groups in total. The van der Waals surface area contributed by atoms with Crippen molar-refractivity contribution >= 4 is 27.5 Å². The van der Waals surface area contributed by atoms with E-state index in [-0.39, 0.29) is 17.3 Å². The molecule has 1 aromatic rings. The fourth-order valence-electron chi connectivity index (χ4n) is 3.56. The van der Waals surface area contributed by atoms with Gasteiger partial charge in [0, 0.05) is 12.1 Å². The number of hydrogen-bond acceptors (Lipinski definition) is 4. The van der Waals surface area contributed by atoms with Crippen LogP contribution in [0.25, 0.3) is 0 Å². The van der Waals surface area contributed by atoms with E-state index >= 15 is 0 Å². The highest BCUT2D eigenvalue weighted by Gasteiger charge is 2.49. The molecule has 136 valence electrons. The molecule has 25 heavy (non-hydrogen) atoms. The Morgan fingerprint density at radius 1 is 1.20 bits per heavy atom. The van der Waals surface area contributed by atoms with E-state index in [1.165, 1.54) is 25.0 Å². The van der Waals surface area contributed by atoms with E-state index in [0.29, 0.717) is 18.0 Å². The number of carbonyl (C=O) groups excluding carboxylic acids is 2. The van der Waals surface area contributed by atoms with E-state index in [2.05, 4.69) is 5.32 Å². The molecule has 2 amide bonds. The Hall–Kier alpha value is -1.89. The molecule has 1 heterocycles. The molecule has 7 heteroatoms. The van der Waals surface area contributed by atoms with Gasteiger partial charge in [-0.05, 0) is 56.9 Å². The van der Waals surface area contributed by atoms with Gasteiger partial charge in [0.2, 0.25) is 15.9 Å². The molecular weight excluding hydrogens is 340 g/mol. The molecule has 0 atom stereocenters. The fraction of sp³-hybridized carbons (Fsp3) is 0.556. The zero-order chi connectivity index (χ0) is 18.2. The Labute approximate surface area is 148 Å². The van der Waals surface area contributed by atoms with Gasteiger partial charge in [0.15, 0.2) is 0 Å². The minimum absolute atomic E-state index is 0.172. The highest BCUT2D eigenvalue weighted by Crippen LogP contribution is 2.35. The number of anilines is 1. The summed E-state index contributed by atoms with van der Waals surface area (Å²) in [7, 11) is -3.67. The van der Waals surface area contributed by atoms with Crippen molar-refractivity contribution in [1.29, 1.82) is 0 Å². The van der Waals surface area contributed by atoms with Crippen molar-refractivity contribution in [2.45, 2.75) is 39.5 Å². The maximum Gasteiger partial charge on any atom is 0.251 e. The first kappa shape index (κ1) is 17.9. The highest BCUT2D eigenvalue weighted by atomic mass is 32.2. The van der Waals surface area contributed by atoms with Crippen LogP contribution < -0.4 is 9.62 Å². The molecule has 1 saturated heterocycles. The largest absolute Gasteiger partial charge is 0.352 e. The van der Waals surface area contributed by atoms with Gasteiger partial charge in [-0.25, -0.2) is 12.7 Å². The van der Waals surface area contributed by atoms with Gasteiger partial charge in [0.1, 0.15) is 0 Å². The second kappa shape index (κ2) is 6.44. The van der Waals surface area contributed by atoms with E-state index in [1.807, 2.05) is 0 Å². The average molecular weight is 364 g/mol. The molecule has 1 aromatic carbocycles. The Kier molecular flexibility index (Phi) is 4.62. The molecule has 2 aliphatic rings. The van der Waals surface area contributed by atoms with Crippen LogP contribution in [0.3, 0.4) is 0 Å². The number of sulfonamides is 1.